The van der Waals surface area contributed by atoms with Gasteiger partial charge in [-0.2, -0.15) is 0 Å². The number of Topliss-reactive ketones (excluding diaryl/α,β-unsaturated/α-hetero) is 1. The molecule has 1 unspecified atom stereocenters. The van der Waals surface area contributed by atoms with Crippen LogP contribution in [0.1, 0.15) is 109 Å². The number of nitrogens with zero attached hydrogens (tertiary/aromatic N) is 3. The summed E-state index contributed by atoms with van der Waals surface area (Å²) in [6, 6.07) is 12.5. The van der Waals surface area contributed by atoms with Crippen LogP contribution in [0.15, 0.2) is 70.4 Å². The molecule has 9 heteroatoms. The molecule has 1 aromatic heterocycles. The van der Waals surface area contributed by atoms with Gasteiger partial charge in [-0.15, -0.1) is 0 Å². The molecule has 49 heavy (non-hydrogen) atoms. The van der Waals surface area contributed by atoms with Crippen molar-refractivity contribution in [3.63, 3.8) is 0 Å². The number of benzene rings is 2. The molecule has 9 nitrogen and oxygen atoms in total. The maximum absolute atomic E-state index is 14.0. The van der Waals surface area contributed by atoms with Gasteiger partial charge in [-0.1, -0.05) is 37.3 Å². The van der Waals surface area contributed by atoms with Crippen molar-refractivity contribution in [1.29, 1.82) is 0 Å². The third kappa shape index (κ3) is 8.51. The number of hydrogen-bond donors (Lipinski definition) is 2. The second kappa shape index (κ2) is 16.0. The Kier molecular flexibility index (Phi) is 11.3. The summed E-state index contributed by atoms with van der Waals surface area (Å²) >= 11 is 0. The van der Waals surface area contributed by atoms with E-state index in [-0.39, 0.29) is 17.4 Å². The SMILES string of the molecule is CCCOC(O)C(C)=CCCCCC1=CCCc2cc(N3CCN(c4ccccc4C)CC3)c(NC(=O)c3coc(C4CC4)n3)cc2C1=O. The lowest BCUT2D eigenvalue weighted by Crippen LogP contribution is -2.47. The molecule has 0 radical (unpaired) electrons. The number of carbonyl (C=O) groups excluding carboxylic acids is 2. The first-order valence-electron chi connectivity index (χ1n) is 18.0. The van der Waals surface area contributed by atoms with Crippen molar-refractivity contribution in [3.05, 3.63) is 94.2 Å². The molecule has 2 N–H and O–H groups in total. The van der Waals surface area contributed by atoms with E-state index >= 15 is 0 Å². The predicted molar refractivity (Wildman–Crippen MR) is 194 cm³/mol. The number of unbranched alkanes of at least 4 members (excludes halogenated alkanes) is 2. The molecule has 0 spiro atoms. The molecule has 0 bridgehead atoms. The average Bonchev–Trinajstić information content (AvgIpc) is 3.87. The highest BCUT2D eigenvalue weighted by Crippen LogP contribution is 2.40. The number of oxazole rings is 1. The molecule has 2 aliphatic carbocycles. The molecule has 2 fully saturated rings. The number of anilines is 3. The Bertz CT molecular complexity index is 1700. The first kappa shape index (κ1) is 34.6. The van der Waals surface area contributed by atoms with Crippen LogP contribution in [-0.4, -0.2) is 60.9 Å². The molecule has 1 amide bonds. The van der Waals surface area contributed by atoms with Crippen LogP contribution in [0.25, 0.3) is 0 Å². The molecule has 1 saturated carbocycles. The number of aliphatic hydroxyl groups excluding tert-OH is 1. The van der Waals surface area contributed by atoms with E-state index < -0.39 is 6.29 Å². The van der Waals surface area contributed by atoms with E-state index in [0.29, 0.717) is 36.1 Å². The first-order valence-corrected chi connectivity index (χ1v) is 18.0. The number of hydrogen-bond acceptors (Lipinski definition) is 8. The molecule has 3 aromatic rings. The molecule has 2 heterocycles. The lowest BCUT2D eigenvalue weighted by molar-refractivity contribution is -0.0719. The van der Waals surface area contributed by atoms with Crippen molar-refractivity contribution >= 4 is 28.8 Å². The smallest absolute Gasteiger partial charge is 0.277 e. The minimum absolute atomic E-state index is 0.0338. The summed E-state index contributed by atoms with van der Waals surface area (Å²) < 4.78 is 11.0. The van der Waals surface area contributed by atoms with Gasteiger partial charge in [0.1, 0.15) is 6.26 Å². The number of carbonyl (C=O) groups is 2. The van der Waals surface area contributed by atoms with Gasteiger partial charge >= 0.3 is 0 Å². The van der Waals surface area contributed by atoms with Crippen LogP contribution < -0.4 is 15.1 Å². The van der Waals surface area contributed by atoms with Gasteiger partial charge in [-0.05, 0) is 112 Å². The van der Waals surface area contributed by atoms with Gasteiger partial charge in [0.2, 0.25) is 0 Å². The quantitative estimate of drug-likeness (QED) is 0.102. The largest absolute Gasteiger partial charge is 0.448 e. The Balaban J connectivity index is 1.18. The van der Waals surface area contributed by atoms with Crippen LogP contribution >= 0.6 is 0 Å². The zero-order chi connectivity index (χ0) is 34.3. The lowest BCUT2D eigenvalue weighted by atomic mass is 9.94. The van der Waals surface area contributed by atoms with Gasteiger partial charge in [-0.25, -0.2) is 4.98 Å². The minimum atomic E-state index is -0.858. The Morgan fingerprint density at radius 2 is 1.88 bits per heavy atom. The van der Waals surface area contributed by atoms with Crippen molar-refractivity contribution in [3.8, 4) is 0 Å². The molecule has 260 valence electrons. The summed E-state index contributed by atoms with van der Waals surface area (Å²) in [6.45, 7) is 9.87. The van der Waals surface area contributed by atoms with Gasteiger partial charge in [0, 0.05) is 50.0 Å². The van der Waals surface area contributed by atoms with Gasteiger partial charge in [0.05, 0.1) is 11.4 Å². The Hall–Kier alpha value is -4.21. The van der Waals surface area contributed by atoms with Crippen molar-refractivity contribution in [2.75, 3.05) is 47.9 Å². The van der Waals surface area contributed by atoms with Gasteiger partial charge in [0.15, 0.2) is 23.7 Å². The number of aromatic nitrogens is 1. The zero-order valence-electron chi connectivity index (χ0n) is 29.2. The molecule has 1 aliphatic heterocycles. The Labute approximate surface area is 290 Å². The molecule has 2 aromatic carbocycles. The van der Waals surface area contributed by atoms with E-state index in [1.807, 2.05) is 26.0 Å². The molecule has 1 atom stereocenters. The average molecular weight is 667 g/mol. The van der Waals surface area contributed by atoms with Crippen LogP contribution in [0.5, 0.6) is 0 Å². The number of aliphatic hydroxyl groups is 1. The fourth-order valence-corrected chi connectivity index (χ4v) is 6.75. The van der Waals surface area contributed by atoms with E-state index in [1.54, 1.807) is 0 Å². The highest BCUT2D eigenvalue weighted by molar-refractivity contribution is 6.12. The summed E-state index contributed by atoms with van der Waals surface area (Å²) in [6.07, 6.45) is 12.5. The molecule has 1 saturated heterocycles. The van der Waals surface area contributed by atoms with Crippen molar-refractivity contribution in [1.82, 2.24) is 4.98 Å². The van der Waals surface area contributed by atoms with Crippen molar-refractivity contribution in [2.24, 2.45) is 0 Å². The second-order valence-electron chi connectivity index (χ2n) is 13.6. The molecular weight excluding hydrogens is 616 g/mol. The Morgan fingerprint density at radius 1 is 1.12 bits per heavy atom. The number of nitrogens with one attached hydrogen (secondary N) is 1. The number of para-hydroxylation sites is 1. The van der Waals surface area contributed by atoms with Gasteiger partial charge in [0.25, 0.3) is 5.91 Å². The highest BCUT2D eigenvalue weighted by Gasteiger charge is 2.30. The van der Waals surface area contributed by atoms with Gasteiger partial charge < -0.3 is 29.4 Å². The summed E-state index contributed by atoms with van der Waals surface area (Å²) in [5.74, 6) is 0.631. The number of amides is 1. The number of ether oxygens (including phenoxy) is 1. The van der Waals surface area contributed by atoms with Gasteiger partial charge in [-0.3, -0.25) is 9.59 Å². The number of piperazine rings is 1. The van der Waals surface area contributed by atoms with E-state index in [0.717, 1.165) is 99.9 Å². The highest BCUT2D eigenvalue weighted by atomic mass is 16.6. The number of aryl methyl sites for hydroxylation is 2. The molecule has 6 rings (SSSR count). The minimum Gasteiger partial charge on any atom is -0.448 e. The van der Waals surface area contributed by atoms with E-state index in [2.05, 4.69) is 63.4 Å². The van der Waals surface area contributed by atoms with Crippen molar-refractivity contribution < 1.29 is 23.8 Å². The van der Waals surface area contributed by atoms with Crippen LogP contribution in [-0.2, 0) is 11.2 Å². The number of rotatable bonds is 14. The fraction of sp³-hybridized carbons (Fsp3) is 0.475. The maximum atomic E-state index is 14.0. The summed E-state index contributed by atoms with van der Waals surface area (Å²) in [7, 11) is 0. The van der Waals surface area contributed by atoms with Crippen LogP contribution in [0.4, 0.5) is 17.1 Å². The summed E-state index contributed by atoms with van der Waals surface area (Å²) in [5.41, 5.74) is 7.66. The fourth-order valence-electron chi connectivity index (χ4n) is 6.75. The van der Waals surface area contributed by atoms with Crippen LogP contribution in [0, 0.1) is 6.92 Å². The predicted octanol–water partition coefficient (Wildman–Crippen LogP) is 7.75. The number of allylic oxidation sites excluding steroid dienone is 3. The van der Waals surface area contributed by atoms with E-state index in [9.17, 15) is 14.7 Å². The third-order valence-corrected chi connectivity index (χ3v) is 9.80. The monoisotopic (exact) mass is 666 g/mol. The summed E-state index contributed by atoms with van der Waals surface area (Å²) in [5, 5.41) is 13.2. The number of ketones is 1. The standard InChI is InChI=1S/C40H50N4O5/c1-4-23-48-40(47)28(3)12-6-5-7-13-29-14-10-15-31-24-36(44-21-19-43(20-22-44)35-16-9-8-11-27(35)2)33(25-32(31)37(29)45)41-38(46)34-26-49-39(42-34)30-17-18-30/h8-9,11-12,14,16,24-26,30,40,47H,4-7,10,13,15,17-23H2,1-3H3,(H,41,46). The second-order valence-corrected chi connectivity index (χ2v) is 13.6. The molecular formula is C40H50N4O5. The summed E-state index contributed by atoms with van der Waals surface area (Å²) in [4.78, 5) is 36.8. The first-order chi connectivity index (χ1) is 23.8. The van der Waals surface area contributed by atoms with E-state index in [4.69, 9.17) is 9.15 Å². The normalized spacial score (nSPS) is 17.4. The zero-order valence-corrected chi connectivity index (χ0v) is 29.2. The topological polar surface area (TPSA) is 108 Å². The lowest BCUT2D eigenvalue weighted by Gasteiger charge is -2.39. The molecule has 3 aliphatic rings. The van der Waals surface area contributed by atoms with Crippen LogP contribution in [0.2, 0.25) is 0 Å². The number of fused-ring (bicyclic) bond motifs is 1. The van der Waals surface area contributed by atoms with E-state index in [1.165, 1.54) is 17.5 Å². The Morgan fingerprint density at radius 3 is 2.61 bits per heavy atom. The van der Waals surface area contributed by atoms with Crippen LogP contribution in [0.3, 0.4) is 0 Å². The van der Waals surface area contributed by atoms with Crippen molar-refractivity contribution in [2.45, 2.75) is 90.8 Å². The maximum Gasteiger partial charge on any atom is 0.277 e. The third-order valence-electron chi connectivity index (χ3n) is 9.80.